The van der Waals surface area contributed by atoms with E-state index in [2.05, 4.69) is 32.9 Å². The molecule has 0 aliphatic carbocycles. The van der Waals surface area contributed by atoms with Crippen molar-refractivity contribution in [2.24, 2.45) is 5.92 Å². The van der Waals surface area contributed by atoms with Gasteiger partial charge in [-0.2, -0.15) is 0 Å². The van der Waals surface area contributed by atoms with Crippen LogP contribution in [0.4, 0.5) is 0 Å². The van der Waals surface area contributed by atoms with Gasteiger partial charge in [-0.3, -0.25) is 0 Å². The molecular weight excluding hydrogens is 204 g/mol. The Morgan fingerprint density at radius 2 is 1.35 bits per heavy atom. The topological polar surface area (TPSA) is 0 Å². The van der Waals surface area contributed by atoms with E-state index in [1.165, 1.54) is 70.6 Å². The van der Waals surface area contributed by atoms with Crippen molar-refractivity contribution >= 4 is 0 Å². The first-order valence-corrected chi connectivity index (χ1v) is 7.92. The van der Waals surface area contributed by atoms with Gasteiger partial charge in [0.25, 0.3) is 0 Å². The summed E-state index contributed by atoms with van der Waals surface area (Å²) in [6, 6.07) is 0. The fourth-order valence-corrected chi connectivity index (χ4v) is 2.19. The second kappa shape index (κ2) is 13.8. The van der Waals surface area contributed by atoms with Crippen LogP contribution in [0.25, 0.3) is 0 Å². The van der Waals surface area contributed by atoms with E-state index in [4.69, 9.17) is 0 Å². The van der Waals surface area contributed by atoms with Crippen LogP contribution in [0.5, 0.6) is 0 Å². The molecule has 0 N–H and O–H groups in total. The van der Waals surface area contributed by atoms with Crippen molar-refractivity contribution < 1.29 is 0 Å². The molecule has 0 aliphatic heterocycles. The lowest BCUT2D eigenvalue weighted by atomic mass is 9.99. The van der Waals surface area contributed by atoms with Crippen molar-refractivity contribution in [1.82, 2.24) is 0 Å². The first-order chi connectivity index (χ1) is 8.31. The number of unbranched alkanes of at least 4 members (excludes halogenated alkanes) is 8. The first-order valence-electron chi connectivity index (χ1n) is 7.92. The minimum Gasteiger partial charge on any atom is -0.0917 e. The van der Waals surface area contributed by atoms with Gasteiger partial charge in [-0.05, 0) is 25.7 Å². The van der Waals surface area contributed by atoms with Crippen LogP contribution in [0.1, 0.15) is 91.4 Å². The normalized spacial score (nSPS) is 13.4. The second-order valence-electron chi connectivity index (χ2n) is 5.49. The van der Waals surface area contributed by atoms with Crippen molar-refractivity contribution in [3.63, 3.8) is 0 Å². The van der Waals surface area contributed by atoms with Gasteiger partial charge in [-0.1, -0.05) is 83.8 Å². The zero-order valence-electron chi connectivity index (χ0n) is 12.5. The van der Waals surface area contributed by atoms with Crippen molar-refractivity contribution in [2.45, 2.75) is 91.4 Å². The molecule has 0 aliphatic rings. The smallest absolute Gasteiger partial charge is 0.0351 e. The second-order valence-corrected chi connectivity index (χ2v) is 5.49. The molecule has 0 amide bonds. The Bertz CT molecular complexity index is 157. The third-order valence-corrected chi connectivity index (χ3v) is 3.75. The first kappa shape index (κ1) is 16.7. The van der Waals surface area contributed by atoms with Gasteiger partial charge in [0.2, 0.25) is 0 Å². The van der Waals surface area contributed by atoms with Gasteiger partial charge >= 0.3 is 0 Å². The minimum atomic E-state index is 0.946. The molecule has 102 valence electrons. The summed E-state index contributed by atoms with van der Waals surface area (Å²) in [4.78, 5) is 0. The van der Waals surface area contributed by atoms with Crippen LogP contribution in [-0.2, 0) is 0 Å². The van der Waals surface area contributed by atoms with E-state index in [0.29, 0.717) is 0 Å². The third-order valence-electron chi connectivity index (χ3n) is 3.75. The van der Waals surface area contributed by atoms with Crippen LogP contribution >= 0.6 is 0 Å². The SMILES string of the molecule is C/C=C\CCCCCCCCCCC(C)CC. The average Bonchev–Trinajstić information content (AvgIpc) is 2.35. The van der Waals surface area contributed by atoms with E-state index in [-0.39, 0.29) is 0 Å². The Hall–Kier alpha value is -0.260. The van der Waals surface area contributed by atoms with E-state index in [9.17, 15) is 0 Å². The predicted octanol–water partition coefficient (Wildman–Crippen LogP) is 6.51. The average molecular weight is 238 g/mol. The standard InChI is InChI=1S/C17H34/c1-4-6-7-8-9-10-11-12-13-14-15-16-17(3)5-2/h4,6,17H,5,7-16H2,1-3H3/b6-4-. The minimum absolute atomic E-state index is 0.946. The van der Waals surface area contributed by atoms with Crippen molar-refractivity contribution in [2.75, 3.05) is 0 Å². The number of hydrogen-bond donors (Lipinski definition) is 0. The highest BCUT2D eigenvalue weighted by Gasteiger charge is 1.98. The molecular formula is C17H34. The van der Waals surface area contributed by atoms with Gasteiger partial charge in [0.1, 0.15) is 0 Å². The Morgan fingerprint density at radius 3 is 1.88 bits per heavy atom. The van der Waals surface area contributed by atoms with Gasteiger partial charge in [0.05, 0.1) is 0 Å². The monoisotopic (exact) mass is 238 g/mol. The highest BCUT2D eigenvalue weighted by Crippen LogP contribution is 2.14. The van der Waals surface area contributed by atoms with Gasteiger partial charge in [-0.25, -0.2) is 0 Å². The Labute approximate surface area is 110 Å². The van der Waals surface area contributed by atoms with E-state index in [1.807, 2.05) is 0 Å². The lowest BCUT2D eigenvalue weighted by molar-refractivity contribution is 0.469. The van der Waals surface area contributed by atoms with Crippen LogP contribution in [0.15, 0.2) is 12.2 Å². The zero-order valence-corrected chi connectivity index (χ0v) is 12.5. The Balaban J connectivity index is 2.98. The molecule has 0 aromatic carbocycles. The summed E-state index contributed by atoms with van der Waals surface area (Å²) >= 11 is 0. The van der Waals surface area contributed by atoms with Crippen molar-refractivity contribution in [1.29, 1.82) is 0 Å². The summed E-state index contributed by atoms with van der Waals surface area (Å²) in [5, 5.41) is 0. The van der Waals surface area contributed by atoms with Gasteiger partial charge in [0.15, 0.2) is 0 Å². The molecule has 0 spiro atoms. The van der Waals surface area contributed by atoms with E-state index < -0.39 is 0 Å². The maximum atomic E-state index is 2.38. The highest BCUT2D eigenvalue weighted by molar-refractivity contribution is 4.76. The Morgan fingerprint density at radius 1 is 0.824 bits per heavy atom. The molecule has 0 bridgehead atoms. The third kappa shape index (κ3) is 13.7. The van der Waals surface area contributed by atoms with Crippen LogP contribution in [0.2, 0.25) is 0 Å². The fraction of sp³-hybridized carbons (Fsp3) is 0.882. The summed E-state index contributed by atoms with van der Waals surface area (Å²) < 4.78 is 0. The number of rotatable bonds is 12. The van der Waals surface area contributed by atoms with Crippen LogP contribution in [0.3, 0.4) is 0 Å². The number of allylic oxidation sites excluding steroid dienone is 2. The molecule has 0 fully saturated rings. The lowest BCUT2D eigenvalue weighted by Crippen LogP contribution is -1.91. The lowest BCUT2D eigenvalue weighted by Gasteiger charge is -2.07. The molecule has 1 atom stereocenters. The number of hydrogen-bond acceptors (Lipinski definition) is 0. The molecule has 0 heteroatoms. The summed E-state index contributed by atoms with van der Waals surface area (Å²) in [6.45, 7) is 6.79. The van der Waals surface area contributed by atoms with Crippen LogP contribution < -0.4 is 0 Å². The van der Waals surface area contributed by atoms with Crippen LogP contribution in [-0.4, -0.2) is 0 Å². The quantitative estimate of drug-likeness (QED) is 0.268. The van der Waals surface area contributed by atoms with Crippen molar-refractivity contribution in [3.8, 4) is 0 Å². The molecule has 0 radical (unpaired) electrons. The molecule has 0 nitrogen and oxygen atoms in total. The van der Waals surface area contributed by atoms with Gasteiger partial charge in [0, 0.05) is 0 Å². The summed E-state index contributed by atoms with van der Waals surface area (Å²) in [7, 11) is 0. The summed E-state index contributed by atoms with van der Waals surface area (Å²) in [5.74, 6) is 0.946. The molecule has 0 saturated carbocycles. The maximum absolute atomic E-state index is 2.38. The maximum Gasteiger partial charge on any atom is -0.0351 e. The van der Waals surface area contributed by atoms with E-state index in [0.717, 1.165) is 5.92 Å². The molecule has 0 rings (SSSR count). The molecule has 0 heterocycles. The molecule has 17 heavy (non-hydrogen) atoms. The van der Waals surface area contributed by atoms with Gasteiger partial charge in [-0.15, -0.1) is 0 Å². The predicted molar refractivity (Wildman–Crippen MR) is 80.4 cm³/mol. The summed E-state index contributed by atoms with van der Waals surface area (Å²) in [5.41, 5.74) is 0. The highest BCUT2D eigenvalue weighted by atomic mass is 14.0. The largest absolute Gasteiger partial charge is 0.0917 e. The van der Waals surface area contributed by atoms with Crippen LogP contribution in [0, 0.1) is 5.92 Å². The Kier molecular flexibility index (Phi) is 13.6. The molecule has 0 aromatic heterocycles. The molecule has 0 aromatic rings. The summed E-state index contributed by atoms with van der Waals surface area (Å²) in [6.07, 6.45) is 20.1. The fourth-order valence-electron chi connectivity index (χ4n) is 2.19. The van der Waals surface area contributed by atoms with Crippen molar-refractivity contribution in [3.05, 3.63) is 12.2 Å². The molecule has 0 saturated heterocycles. The van der Waals surface area contributed by atoms with Gasteiger partial charge < -0.3 is 0 Å². The van der Waals surface area contributed by atoms with E-state index in [1.54, 1.807) is 0 Å². The van der Waals surface area contributed by atoms with E-state index >= 15 is 0 Å². The zero-order chi connectivity index (χ0) is 12.8. The molecule has 1 unspecified atom stereocenters.